The molecule has 0 amide bonds. The number of rotatable bonds is 1. The fraction of sp³-hybridized carbons (Fsp3) is 0.786. The average Bonchev–Trinajstić information content (AvgIpc) is 2.47. The van der Waals surface area contributed by atoms with Crippen molar-refractivity contribution in [2.24, 2.45) is 17.3 Å². The molecule has 0 bridgehead atoms. The van der Waals surface area contributed by atoms with Crippen molar-refractivity contribution in [2.75, 3.05) is 0 Å². The largest absolute Gasteiger partial charge is 0.299 e. The molecule has 0 N–H and O–H groups in total. The first-order valence-electron chi connectivity index (χ1n) is 6.18. The van der Waals surface area contributed by atoms with Crippen molar-refractivity contribution in [3.8, 4) is 0 Å². The predicted octanol–water partition coefficient (Wildman–Crippen LogP) is 3.74. The van der Waals surface area contributed by atoms with E-state index in [9.17, 15) is 4.79 Å². The maximum Gasteiger partial charge on any atom is 0.136 e. The highest BCUT2D eigenvalue weighted by atomic mass is 16.1. The average molecular weight is 206 g/mol. The molecule has 0 spiro atoms. The fourth-order valence-corrected chi connectivity index (χ4v) is 3.50. The van der Waals surface area contributed by atoms with Crippen LogP contribution in [0, 0.1) is 17.3 Å². The summed E-state index contributed by atoms with van der Waals surface area (Å²) in [5.41, 5.74) is 1.88. The van der Waals surface area contributed by atoms with E-state index in [0.717, 1.165) is 19.3 Å². The van der Waals surface area contributed by atoms with Gasteiger partial charge in [0.05, 0.1) is 0 Å². The third kappa shape index (κ3) is 2.32. The van der Waals surface area contributed by atoms with Crippen LogP contribution in [0.5, 0.6) is 0 Å². The van der Waals surface area contributed by atoms with E-state index < -0.39 is 0 Å². The van der Waals surface area contributed by atoms with Gasteiger partial charge < -0.3 is 0 Å². The second-order valence-corrected chi connectivity index (χ2v) is 6.19. The van der Waals surface area contributed by atoms with Crippen LogP contribution in [0.15, 0.2) is 11.6 Å². The molecule has 0 aromatic rings. The van der Waals surface area contributed by atoms with E-state index in [2.05, 4.69) is 26.8 Å². The van der Waals surface area contributed by atoms with E-state index in [4.69, 9.17) is 0 Å². The lowest BCUT2D eigenvalue weighted by Gasteiger charge is -2.36. The van der Waals surface area contributed by atoms with Crippen molar-refractivity contribution in [1.29, 1.82) is 0 Å². The van der Waals surface area contributed by atoms with Gasteiger partial charge in [-0.1, -0.05) is 25.5 Å². The second-order valence-electron chi connectivity index (χ2n) is 6.19. The van der Waals surface area contributed by atoms with Crippen LogP contribution >= 0.6 is 0 Å². The fourth-order valence-electron chi connectivity index (χ4n) is 3.50. The van der Waals surface area contributed by atoms with Crippen molar-refractivity contribution < 1.29 is 4.79 Å². The molecule has 0 aromatic heterocycles. The summed E-state index contributed by atoms with van der Waals surface area (Å²) in [6.45, 7) is 6.87. The Morgan fingerprint density at radius 1 is 1.40 bits per heavy atom. The topological polar surface area (TPSA) is 17.1 Å². The molecule has 2 atom stereocenters. The van der Waals surface area contributed by atoms with Gasteiger partial charge in [-0.05, 0) is 43.9 Å². The Labute approximate surface area is 92.9 Å². The molecule has 1 fully saturated rings. The molecule has 0 aliphatic heterocycles. The smallest absolute Gasteiger partial charge is 0.136 e. The zero-order chi connectivity index (χ0) is 11.1. The number of ketones is 1. The molecule has 2 unspecified atom stereocenters. The lowest BCUT2D eigenvalue weighted by molar-refractivity contribution is -0.121. The van der Waals surface area contributed by atoms with Gasteiger partial charge in [-0.15, -0.1) is 0 Å². The number of allylic oxidation sites excluding steroid dienone is 2. The highest BCUT2D eigenvalue weighted by molar-refractivity contribution is 5.83. The summed E-state index contributed by atoms with van der Waals surface area (Å²) < 4.78 is 0. The minimum absolute atomic E-state index is 0.347. The van der Waals surface area contributed by atoms with Gasteiger partial charge in [-0.25, -0.2) is 0 Å². The number of hydrogen-bond acceptors (Lipinski definition) is 1. The quantitative estimate of drug-likeness (QED) is 0.597. The number of carbonyl (C=O) groups excluding carboxylic acids is 1. The zero-order valence-electron chi connectivity index (χ0n) is 10.2. The van der Waals surface area contributed by atoms with E-state index in [-0.39, 0.29) is 0 Å². The van der Waals surface area contributed by atoms with Gasteiger partial charge >= 0.3 is 0 Å². The summed E-state index contributed by atoms with van der Waals surface area (Å²) in [5, 5.41) is 0. The third-order valence-electron chi connectivity index (χ3n) is 3.91. The van der Waals surface area contributed by atoms with Crippen LogP contribution in [0.1, 0.15) is 52.9 Å². The van der Waals surface area contributed by atoms with Crippen LogP contribution in [0.25, 0.3) is 0 Å². The van der Waals surface area contributed by atoms with E-state index in [1.54, 1.807) is 0 Å². The summed E-state index contributed by atoms with van der Waals surface area (Å²) >= 11 is 0. The molecule has 2 aliphatic carbocycles. The second kappa shape index (κ2) is 3.77. The van der Waals surface area contributed by atoms with Crippen LogP contribution in [0.3, 0.4) is 0 Å². The Kier molecular flexibility index (Phi) is 2.74. The van der Waals surface area contributed by atoms with Gasteiger partial charge in [0, 0.05) is 12.3 Å². The molecule has 2 rings (SSSR count). The van der Waals surface area contributed by atoms with Crippen LogP contribution in [-0.2, 0) is 4.79 Å². The van der Waals surface area contributed by atoms with Gasteiger partial charge in [0.25, 0.3) is 0 Å². The minimum atomic E-state index is 0.347. The summed E-state index contributed by atoms with van der Waals surface area (Å²) in [6, 6.07) is 0. The number of Topliss-reactive ketones (excluding diaryl/α,β-unsaturated/α-hetero) is 1. The molecular weight excluding hydrogens is 184 g/mol. The normalized spacial score (nSPS) is 35.4. The Balaban J connectivity index is 2.15. The molecule has 0 aromatic carbocycles. The molecule has 0 radical (unpaired) electrons. The van der Waals surface area contributed by atoms with Crippen molar-refractivity contribution >= 4 is 5.78 Å². The number of hydrogen-bond donors (Lipinski definition) is 0. The standard InChI is InChI=1S/C14H22O/c1-10-7-11(9-14(2,3)8-10)12-5-4-6-13(12)15/h7,11-12H,4-6,8-9H2,1-3H3. The summed E-state index contributed by atoms with van der Waals surface area (Å²) in [5.74, 6) is 1.39. The predicted molar refractivity (Wildman–Crippen MR) is 62.6 cm³/mol. The van der Waals surface area contributed by atoms with Gasteiger partial charge in [0.15, 0.2) is 0 Å². The molecule has 1 nitrogen and oxygen atoms in total. The first-order valence-corrected chi connectivity index (χ1v) is 6.18. The van der Waals surface area contributed by atoms with Gasteiger partial charge in [0.2, 0.25) is 0 Å². The molecule has 84 valence electrons. The van der Waals surface area contributed by atoms with Crippen molar-refractivity contribution in [3.63, 3.8) is 0 Å². The lowest BCUT2D eigenvalue weighted by atomic mass is 9.69. The summed E-state index contributed by atoms with van der Waals surface area (Å²) in [6.07, 6.45) is 7.84. The van der Waals surface area contributed by atoms with E-state index in [1.165, 1.54) is 18.4 Å². The lowest BCUT2D eigenvalue weighted by Crippen LogP contribution is -2.28. The highest BCUT2D eigenvalue weighted by Gasteiger charge is 2.36. The van der Waals surface area contributed by atoms with Gasteiger partial charge in [0.1, 0.15) is 5.78 Å². The number of carbonyl (C=O) groups is 1. The molecular formula is C14H22O. The maximum absolute atomic E-state index is 11.8. The molecule has 0 heterocycles. The molecule has 15 heavy (non-hydrogen) atoms. The minimum Gasteiger partial charge on any atom is -0.299 e. The van der Waals surface area contributed by atoms with Crippen molar-refractivity contribution in [1.82, 2.24) is 0 Å². The van der Waals surface area contributed by atoms with Crippen molar-refractivity contribution in [2.45, 2.75) is 52.9 Å². The van der Waals surface area contributed by atoms with Crippen molar-refractivity contribution in [3.05, 3.63) is 11.6 Å². The molecule has 1 heteroatoms. The zero-order valence-corrected chi connectivity index (χ0v) is 10.2. The molecule has 0 saturated heterocycles. The first kappa shape index (κ1) is 10.9. The van der Waals surface area contributed by atoms with Crippen LogP contribution in [0.2, 0.25) is 0 Å². The Morgan fingerprint density at radius 2 is 2.13 bits per heavy atom. The Morgan fingerprint density at radius 3 is 2.67 bits per heavy atom. The summed E-state index contributed by atoms with van der Waals surface area (Å²) in [4.78, 5) is 11.8. The molecule has 1 saturated carbocycles. The van der Waals surface area contributed by atoms with Gasteiger partial charge in [-0.2, -0.15) is 0 Å². The first-order chi connectivity index (χ1) is 6.98. The van der Waals surface area contributed by atoms with Crippen LogP contribution in [-0.4, -0.2) is 5.78 Å². The highest BCUT2D eigenvalue weighted by Crippen LogP contribution is 2.43. The van der Waals surface area contributed by atoms with E-state index >= 15 is 0 Å². The van der Waals surface area contributed by atoms with E-state index in [1.807, 2.05) is 0 Å². The van der Waals surface area contributed by atoms with E-state index in [0.29, 0.717) is 23.0 Å². The Bertz CT molecular complexity index is 298. The van der Waals surface area contributed by atoms with Gasteiger partial charge in [-0.3, -0.25) is 4.79 Å². The van der Waals surface area contributed by atoms with Crippen LogP contribution in [0.4, 0.5) is 0 Å². The SMILES string of the molecule is CC1=CC(C2CCCC2=O)CC(C)(C)C1. The maximum atomic E-state index is 11.8. The summed E-state index contributed by atoms with van der Waals surface area (Å²) in [7, 11) is 0. The monoisotopic (exact) mass is 206 g/mol. The third-order valence-corrected chi connectivity index (χ3v) is 3.91. The molecule has 2 aliphatic rings. The van der Waals surface area contributed by atoms with Crippen LogP contribution < -0.4 is 0 Å². The Hall–Kier alpha value is -0.590.